The topological polar surface area (TPSA) is 106 Å². The van der Waals surface area contributed by atoms with E-state index in [-0.39, 0.29) is 22.1 Å². The smallest absolute Gasteiger partial charge is 0.323 e. The van der Waals surface area contributed by atoms with Crippen LogP contribution in [0.4, 0.5) is 26.5 Å². The molecule has 0 bridgehead atoms. The molecular formula is C24H22ClFN6OS. The van der Waals surface area contributed by atoms with E-state index in [1.165, 1.54) is 12.1 Å². The van der Waals surface area contributed by atoms with Crippen LogP contribution >= 0.6 is 22.9 Å². The summed E-state index contributed by atoms with van der Waals surface area (Å²) >= 11 is 7.32. The van der Waals surface area contributed by atoms with Crippen molar-refractivity contribution >= 4 is 46.3 Å². The minimum Gasteiger partial charge on any atom is -0.368 e. The third-order valence-corrected chi connectivity index (χ3v) is 6.51. The van der Waals surface area contributed by atoms with Crippen molar-refractivity contribution in [2.75, 3.05) is 16.4 Å². The second-order valence-corrected chi connectivity index (χ2v) is 9.97. The molecule has 0 aliphatic rings. The molecule has 2 heterocycles. The minimum absolute atomic E-state index is 0.0268. The van der Waals surface area contributed by atoms with Gasteiger partial charge in [0.15, 0.2) is 0 Å². The maximum absolute atomic E-state index is 14.0. The summed E-state index contributed by atoms with van der Waals surface area (Å²) < 4.78 is 14.0. The average molecular weight is 497 g/mol. The van der Waals surface area contributed by atoms with Gasteiger partial charge in [-0.1, -0.05) is 44.5 Å². The Balaban J connectivity index is 1.65. The molecule has 0 fully saturated rings. The van der Waals surface area contributed by atoms with Crippen LogP contribution < -0.4 is 16.4 Å². The molecule has 0 unspecified atom stereocenters. The minimum atomic E-state index is -0.621. The highest BCUT2D eigenvalue weighted by molar-refractivity contribution is 7.15. The number of amides is 2. The maximum atomic E-state index is 14.0. The van der Waals surface area contributed by atoms with Crippen molar-refractivity contribution in [3.63, 3.8) is 0 Å². The largest absolute Gasteiger partial charge is 0.368 e. The van der Waals surface area contributed by atoms with Crippen molar-refractivity contribution in [1.29, 1.82) is 0 Å². The van der Waals surface area contributed by atoms with E-state index in [4.69, 9.17) is 22.3 Å². The van der Waals surface area contributed by atoms with Crippen LogP contribution in [0.5, 0.6) is 0 Å². The Bertz CT molecular complexity index is 1370. The zero-order chi connectivity index (χ0) is 24.5. The SMILES string of the molecule is CC(C)(C)c1nc(-c2ccnc(N)n2)c(-c2cccc(NC(=O)Nc3ccc(Cl)cc3F)c2)s1. The molecule has 7 nitrogen and oxygen atoms in total. The van der Waals surface area contributed by atoms with E-state index in [9.17, 15) is 9.18 Å². The normalized spacial score (nSPS) is 11.3. The van der Waals surface area contributed by atoms with Crippen molar-refractivity contribution in [2.45, 2.75) is 26.2 Å². The fraction of sp³-hybridized carbons (Fsp3) is 0.167. The van der Waals surface area contributed by atoms with Crippen LogP contribution in [0.25, 0.3) is 21.8 Å². The van der Waals surface area contributed by atoms with Gasteiger partial charge in [0.05, 0.1) is 21.3 Å². The van der Waals surface area contributed by atoms with Crippen LogP contribution in [0.15, 0.2) is 54.7 Å². The third-order valence-electron chi connectivity index (χ3n) is 4.75. The fourth-order valence-corrected chi connectivity index (χ4v) is 4.42. The van der Waals surface area contributed by atoms with Crippen molar-refractivity contribution < 1.29 is 9.18 Å². The number of nitrogens with zero attached hydrogens (tertiary/aromatic N) is 3. The molecule has 0 spiro atoms. The Morgan fingerprint density at radius 2 is 1.88 bits per heavy atom. The summed E-state index contributed by atoms with van der Waals surface area (Å²) in [4.78, 5) is 26.5. The first kappa shape index (κ1) is 23.6. The Morgan fingerprint density at radius 3 is 2.59 bits per heavy atom. The predicted octanol–water partition coefficient (Wildman–Crippen LogP) is 6.58. The molecule has 2 aromatic heterocycles. The van der Waals surface area contributed by atoms with E-state index in [0.717, 1.165) is 21.5 Å². The van der Waals surface area contributed by atoms with Gasteiger partial charge in [-0.15, -0.1) is 11.3 Å². The molecule has 4 rings (SSSR count). The van der Waals surface area contributed by atoms with Crippen LogP contribution in [-0.2, 0) is 5.41 Å². The molecular weight excluding hydrogens is 475 g/mol. The number of hydrogen-bond donors (Lipinski definition) is 3. The lowest BCUT2D eigenvalue weighted by Crippen LogP contribution is -2.20. The molecule has 0 atom stereocenters. The number of nitrogens with two attached hydrogens (primary N) is 1. The first-order valence-corrected chi connectivity index (χ1v) is 11.5. The van der Waals surface area contributed by atoms with Crippen LogP contribution in [0, 0.1) is 5.82 Å². The van der Waals surface area contributed by atoms with Gasteiger partial charge in [-0.2, -0.15) is 0 Å². The Hall–Kier alpha value is -3.56. The molecule has 4 aromatic rings. The van der Waals surface area contributed by atoms with Crippen molar-refractivity contribution in [3.8, 4) is 21.8 Å². The summed E-state index contributed by atoms with van der Waals surface area (Å²) in [7, 11) is 0. The number of rotatable bonds is 4. The number of urea groups is 1. The molecule has 0 saturated heterocycles. The molecule has 2 amide bonds. The zero-order valence-corrected chi connectivity index (χ0v) is 20.3. The summed E-state index contributed by atoms with van der Waals surface area (Å²) in [6.45, 7) is 6.27. The van der Waals surface area contributed by atoms with Gasteiger partial charge in [0.2, 0.25) is 5.95 Å². The Kier molecular flexibility index (Phi) is 6.49. The number of aromatic nitrogens is 3. The number of benzene rings is 2. The number of halogens is 2. The summed E-state index contributed by atoms with van der Waals surface area (Å²) in [6, 6.07) is 12.5. The first-order chi connectivity index (χ1) is 16.1. The molecule has 0 radical (unpaired) electrons. The van der Waals surface area contributed by atoms with Crippen molar-refractivity contribution in [2.24, 2.45) is 0 Å². The second kappa shape index (κ2) is 9.36. The average Bonchev–Trinajstić information content (AvgIpc) is 3.22. The maximum Gasteiger partial charge on any atom is 0.323 e. The van der Waals surface area contributed by atoms with E-state index in [1.807, 2.05) is 18.2 Å². The summed E-state index contributed by atoms with van der Waals surface area (Å²) in [5.41, 5.74) is 8.34. The predicted molar refractivity (Wildman–Crippen MR) is 136 cm³/mol. The number of hydrogen-bond acceptors (Lipinski definition) is 6. The monoisotopic (exact) mass is 496 g/mol. The molecule has 34 heavy (non-hydrogen) atoms. The summed E-state index contributed by atoms with van der Waals surface area (Å²) in [6.07, 6.45) is 1.59. The van der Waals surface area contributed by atoms with Gasteiger partial charge in [0.25, 0.3) is 0 Å². The van der Waals surface area contributed by atoms with E-state index >= 15 is 0 Å². The van der Waals surface area contributed by atoms with Gasteiger partial charge in [-0.3, -0.25) is 0 Å². The Morgan fingerprint density at radius 1 is 1.09 bits per heavy atom. The van der Waals surface area contributed by atoms with Gasteiger partial charge >= 0.3 is 6.03 Å². The van der Waals surface area contributed by atoms with E-state index in [1.54, 1.807) is 29.7 Å². The molecule has 2 aromatic carbocycles. The lowest BCUT2D eigenvalue weighted by atomic mass is 9.98. The molecule has 0 aliphatic carbocycles. The van der Waals surface area contributed by atoms with Crippen LogP contribution in [0.3, 0.4) is 0 Å². The molecule has 4 N–H and O–H groups in total. The molecule has 174 valence electrons. The highest BCUT2D eigenvalue weighted by Crippen LogP contribution is 2.40. The van der Waals surface area contributed by atoms with Gasteiger partial charge in [0, 0.05) is 22.3 Å². The lowest BCUT2D eigenvalue weighted by molar-refractivity contribution is 0.262. The third kappa shape index (κ3) is 5.32. The van der Waals surface area contributed by atoms with E-state index in [2.05, 4.69) is 41.4 Å². The van der Waals surface area contributed by atoms with Gasteiger partial charge in [-0.05, 0) is 42.0 Å². The zero-order valence-electron chi connectivity index (χ0n) is 18.7. The number of anilines is 3. The molecule has 0 saturated carbocycles. The number of nitrogens with one attached hydrogen (secondary N) is 2. The van der Waals surface area contributed by atoms with Gasteiger partial charge < -0.3 is 16.4 Å². The van der Waals surface area contributed by atoms with E-state index < -0.39 is 11.8 Å². The molecule has 0 aliphatic heterocycles. The Labute approximate surface area is 205 Å². The first-order valence-electron chi connectivity index (χ1n) is 10.3. The van der Waals surface area contributed by atoms with Crippen LogP contribution in [-0.4, -0.2) is 21.0 Å². The second-order valence-electron chi connectivity index (χ2n) is 8.53. The number of carbonyl (C=O) groups is 1. The van der Waals surface area contributed by atoms with Gasteiger partial charge in [0.1, 0.15) is 11.5 Å². The van der Waals surface area contributed by atoms with Crippen molar-refractivity contribution in [3.05, 3.63) is 70.6 Å². The van der Waals surface area contributed by atoms with Crippen LogP contribution in [0.2, 0.25) is 5.02 Å². The van der Waals surface area contributed by atoms with E-state index in [0.29, 0.717) is 17.1 Å². The molecule has 10 heteroatoms. The summed E-state index contributed by atoms with van der Waals surface area (Å²) in [5.74, 6) is -0.459. The van der Waals surface area contributed by atoms with Crippen molar-refractivity contribution in [1.82, 2.24) is 15.0 Å². The number of nitrogen functional groups attached to an aromatic ring is 1. The van der Waals surface area contributed by atoms with Crippen LogP contribution in [0.1, 0.15) is 25.8 Å². The number of carbonyl (C=O) groups excluding carboxylic acids is 1. The quantitative estimate of drug-likeness (QED) is 0.296. The highest BCUT2D eigenvalue weighted by atomic mass is 35.5. The number of thiazole rings is 1. The standard InChI is InChI=1S/C24H22ClFN6OS/c1-24(2,3)21-32-19(18-9-10-28-22(27)30-18)20(34-21)13-5-4-6-15(11-13)29-23(33)31-17-8-7-14(25)12-16(17)26/h4-12H,1-3H3,(H2,27,28,30)(H2,29,31,33). The van der Waals surface area contributed by atoms with Gasteiger partial charge in [-0.25, -0.2) is 24.1 Å². The fourth-order valence-electron chi connectivity index (χ4n) is 3.13. The summed E-state index contributed by atoms with van der Waals surface area (Å²) in [5, 5.41) is 6.41. The lowest BCUT2D eigenvalue weighted by Gasteiger charge is -2.13. The highest BCUT2D eigenvalue weighted by Gasteiger charge is 2.24.